The van der Waals surface area contributed by atoms with Crippen LogP contribution in [-0.2, 0) is 4.74 Å². The first-order valence-electron chi connectivity index (χ1n) is 4.34. The lowest BCUT2D eigenvalue weighted by Crippen LogP contribution is -2.32. The lowest BCUT2D eigenvalue weighted by molar-refractivity contribution is -0.0382. The van der Waals surface area contributed by atoms with Gasteiger partial charge in [-0.05, 0) is 12.3 Å². The van der Waals surface area contributed by atoms with Gasteiger partial charge in [0.1, 0.15) is 0 Å². The van der Waals surface area contributed by atoms with Crippen molar-refractivity contribution in [1.82, 2.24) is 0 Å². The molecule has 0 aromatic carbocycles. The molecule has 1 N–H and O–H groups in total. The minimum absolute atomic E-state index is 0.0139. The number of ether oxygens (including phenoxy) is 1. The van der Waals surface area contributed by atoms with Crippen LogP contribution in [0.15, 0.2) is 0 Å². The third-order valence-electron chi connectivity index (χ3n) is 1.94. The Hall–Kier alpha value is -0.0800. The number of hydrogen-bond donors (Lipinski definition) is 1. The van der Waals surface area contributed by atoms with Crippen molar-refractivity contribution in [2.45, 2.75) is 45.8 Å². The summed E-state index contributed by atoms with van der Waals surface area (Å²) in [4.78, 5) is 0. The maximum Gasteiger partial charge on any atom is 0.0832 e. The second kappa shape index (κ2) is 5.56. The highest BCUT2D eigenvalue weighted by atomic mass is 16.5. The topological polar surface area (TPSA) is 29.5 Å². The van der Waals surface area contributed by atoms with Crippen LogP contribution < -0.4 is 0 Å². The zero-order chi connectivity index (χ0) is 8.85. The predicted octanol–water partition coefficient (Wildman–Crippen LogP) is 1.82. The molecule has 0 aromatic rings. The molecule has 68 valence electrons. The van der Waals surface area contributed by atoms with Crippen LogP contribution in [0.3, 0.4) is 0 Å². The molecular weight excluding hydrogens is 140 g/mol. The Labute approximate surface area is 69.6 Å². The average Bonchev–Trinajstić information content (AvgIpc) is 1.98. The zero-order valence-electron chi connectivity index (χ0n) is 8.00. The molecule has 0 rings (SSSR count). The van der Waals surface area contributed by atoms with Crippen LogP contribution >= 0.6 is 0 Å². The first kappa shape index (κ1) is 10.9. The summed E-state index contributed by atoms with van der Waals surface area (Å²) in [6.07, 6.45) is 1.69. The van der Waals surface area contributed by atoms with Crippen molar-refractivity contribution in [1.29, 1.82) is 0 Å². The molecule has 0 aliphatic heterocycles. The van der Waals surface area contributed by atoms with Crippen molar-refractivity contribution in [3.8, 4) is 0 Å². The van der Waals surface area contributed by atoms with Crippen LogP contribution in [0.4, 0.5) is 0 Å². The van der Waals surface area contributed by atoms with Crippen molar-refractivity contribution < 1.29 is 9.84 Å². The van der Waals surface area contributed by atoms with Gasteiger partial charge in [0.2, 0.25) is 0 Å². The number of methoxy groups -OCH3 is 1. The van der Waals surface area contributed by atoms with E-state index >= 15 is 0 Å². The number of aliphatic hydroxyl groups is 1. The fourth-order valence-corrected chi connectivity index (χ4v) is 1.14. The Morgan fingerprint density at radius 2 is 1.91 bits per heavy atom. The van der Waals surface area contributed by atoms with Gasteiger partial charge in [-0.25, -0.2) is 0 Å². The van der Waals surface area contributed by atoms with Gasteiger partial charge in [0.15, 0.2) is 0 Å². The molecule has 11 heavy (non-hydrogen) atoms. The first-order valence-corrected chi connectivity index (χ1v) is 4.34. The van der Waals surface area contributed by atoms with E-state index in [2.05, 4.69) is 6.92 Å². The van der Waals surface area contributed by atoms with Gasteiger partial charge in [0, 0.05) is 7.11 Å². The highest BCUT2D eigenvalue weighted by Crippen LogP contribution is 2.13. The molecule has 2 atom stereocenters. The second-order valence-corrected chi connectivity index (χ2v) is 3.30. The molecule has 0 spiro atoms. The van der Waals surface area contributed by atoms with E-state index in [4.69, 9.17) is 4.74 Å². The average molecular weight is 160 g/mol. The van der Waals surface area contributed by atoms with Gasteiger partial charge < -0.3 is 9.84 Å². The second-order valence-electron chi connectivity index (χ2n) is 3.30. The maximum atomic E-state index is 9.59. The van der Waals surface area contributed by atoms with Gasteiger partial charge in [-0.15, -0.1) is 0 Å². The monoisotopic (exact) mass is 160 g/mol. The summed E-state index contributed by atoms with van der Waals surface area (Å²) in [5.74, 6) is 0.284. The molecule has 2 nitrogen and oxygen atoms in total. The summed E-state index contributed by atoms with van der Waals surface area (Å²) in [6.45, 7) is 6.11. The molecule has 0 fully saturated rings. The molecule has 0 bridgehead atoms. The van der Waals surface area contributed by atoms with Crippen LogP contribution in [0, 0.1) is 5.92 Å². The molecule has 0 heterocycles. The third kappa shape index (κ3) is 3.73. The van der Waals surface area contributed by atoms with Crippen LogP contribution in [0.1, 0.15) is 33.6 Å². The normalized spacial score (nSPS) is 16.9. The molecule has 0 amide bonds. The van der Waals surface area contributed by atoms with E-state index in [0.717, 1.165) is 12.8 Å². The van der Waals surface area contributed by atoms with Gasteiger partial charge >= 0.3 is 0 Å². The summed E-state index contributed by atoms with van der Waals surface area (Å²) in [6, 6.07) is 0. The lowest BCUT2D eigenvalue weighted by Gasteiger charge is -2.23. The zero-order valence-corrected chi connectivity index (χ0v) is 8.00. The van der Waals surface area contributed by atoms with Crippen molar-refractivity contribution in [3.63, 3.8) is 0 Å². The molecule has 0 saturated heterocycles. The molecule has 0 aliphatic carbocycles. The molecule has 2 heteroatoms. The van der Waals surface area contributed by atoms with E-state index in [9.17, 15) is 5.11 Å². The standard InChI is InChI=1S/C9H20O2/c1-5-6-8(11-4)9(10)7(2)3/h7-10H,5-6H2,1-4H3. The van der Waals surface area contributed by atoms with Crippen LogP contribution in [0.5, 0.6) is 0 Å². The van der Waals surface area contributed by atoms with Crippen LogP contribution in [0.2, 0.25) is 0 Å². The highest BCUT2D eigenvalue weighted by Gasteiger charge is 2.20. The van der Waals surface area contributed by atoms with Crippen molar-refractivity contribution in [2.75, 3.05) is 7.11 Å². The lowest BCUT2D eigenvalue weighted by atomic mass is 9.99. The summed E-state index contributed by atoms with van der Waals surface area (Å²) < 4.78 is 5.16. The van der Waals surface area contributed by atoms with Crippen molar-refractivity contribution >= 4 is 0 Å². The summed E-state index contributed by atoms with van der Waals surface area (Å²) >= 11 is 0. The SMILES string of the molecule is CCCC(OC)C(O)C(C)C. The van der Waals surface area contributed by atoms with Crippen LogP contribution in [-0.4, -0.2) is 24.4 Å². The van der Waals surface area contributed by atoms with E-state index in [1.165, 1.54) is 0 Å². The fraction of sp³-hybridized carbons (Fsp3) is 1.00. The van der Waals surface area contributed by atoms with Gasteiger partial charge in [-0.3, -0.25) is 0 Å². The van der Waals surface area contributed by atoms with Gasteiger partial charge in [0.05, 0.1) is 12.2 Å². The summed E-state index contributed by atoms with van der Waals surface area (Å²) in [5, 5.41) is 9.59. The maximum absolute atomic E-state index is 9.59. The van der Waals surface area contributed by atoms with Gasteiger partial charge in [-0.1, -0.05) is 27.2 Å². The predicted molar refractivity (Wildman–Crippen MR) is 46.5 cm³/mol. The molecule has 0 saturated carbocycles. The molecule has 0 aromatic heterocycles. The molecular formula is C9H20O2. The quantitative estimate of drug-likeness (QED) is 0.664. The smallest absolute Gasteiger partial charge is 0.0832 e. The molecule has 0 radical (unpaired) electrons. The first-order chi connectivity index (χ1) is 5.13. The molecule has 0 aliphatic rings. The van der Waals surface area contributed by atoms with Crippen molar-refractivity contribution in [2.24, 2.45) is 5.92 Å². The fourth-order valence-electron chi connectivity index (χ4n) is 1.14. The van der Waals surface area contributed by atoms with E-state index in [1.54, 1.807) is 7.11 Å². The van der Waals surface area contributed by atoms with E-state index in [1.807, 2.05) is 13.8 Å². The Morgan fingerprint density at radius 3 is 2.18 bits per heavy atom. The minimum atomic E-state index is -0.319. The van der Waals surface area contributed by atoms with Gasteiger partial charge in [0.25, 0.3) is 0 Å². The number of hydrogen-bond acceptors (Lipinski definition) is 2. The van der Waals surface area contributed by atoms with E-state index < -0.39 is 0 Å². The van der Waals surface area contributed by atoms with Crippen molar-refractivity contribution in [3.05, 3.63) is 0 Å². The largest absolute Gasteiger partial charge is 0.390 e. The van der Waals surface area contributed by atoms with E-state index in [0.29, 0.717) is 0 Å². The summed E-state index contributed by atoms with van der Waals surface area (Å²) in [5.41, 5.74) is 0. The van der Waals surface area contributed by atoms with Gasteiger partial charge in [-0.2, -0.15) is 0 Å². The number of aliphatic hydroxyl groups excluding tert-OH is 1. The molecule has 2 unspecified atom stereocenters. The third-order valence-corrected chi connectivity index (χ3v) is 1.94. The minimum Gasteiger partial charge on any atom is -0.390 e. The van der Waals surface area contributed by atoms with E-state index in [-0.39, 0.29) is 18.1 Å². The Bertz CT molecular complexity index is 91.6. The Balaban J connectivity index is 3.81. The summed E-state index contributed by atoms with van der Waals surface area (Å²) in [7, 11) is 1.66. The Kier molecular flexibility index (Phi) is 5.51. The Morgan fingerprint density at radius 1 is 1.36 bits per heavy atom. The number of rotatable bonds is 5. The highest BCUT2D eigenvalue weighted by molar-refractivity contribution is 4.70. The van der Waals surface area contributed by atoms with Crippen LogP contribution in [0.25, 0.3) is 0 Å².